The lowest BCUT2D eigenvalue weighted by atomic mass is 10.1. The second kappa shape index (κ2) is 5.14. The number of nitrogens with zero attached hydrogens (tertiary/aromatic N) is 2. The van der Waals surface area contributed by atoms with Gasteiger partial charge in [-0.2, -0.15) is 0 Å². The first-order valence-electron chi connectivity index (χ1n) is 6.32. The van der Waals surface area contributed by atoms with Crippen LogP contribution in [0.1, 0.15) is 21.5 Å². The van der Waals surface area contributed by atoms with Gasteiger partial charge in [-0.3, -0.25) is 9.36 Å². The summed E-state index contributed by atoms with van der Waals surface area (Å²) in [5.41, 5.74) is 2.78. The zero-order chi connectivity index (χ0) is 15.0. The van der Waals surface area contributed by atoms with Crippen LogP contribution in [0.4, 0.5) is 0 Å². The zero-order valence-electron chi connectivity index (χ0n) is 11.2. The summed E-state index contributed by atoms with van der Waals surface area (Å²) in [7, 11) is 0. The van der Waals surface area contributed by atoms with Gasteiger partial charge in [0.2, 0.25) is 0 Å². The molecule has 0 aliphatic rings. The number of rotatable bonds is 3. The molecular formula is C15H12N2O3S. The van der Waals surface area contributed by atoms with Crippen LogP contribution in [0.15, 0.2) is 40.8 Å². The maximum Gasteiger partial charge on any atom is 0.335 e. The van der Waals surface area contributed by atoms with Gasteiger partial charge in [-0.15, -0.1) is 11.3 Å². The van der Waals surface area contributed by atoms with E-state index in [1.165, 1.54) is 34.4 Å². The SMILES string of the molecule is Cc1csc2c(=O)n(Cc3ccc(C(=O)O)cc3)cnc12. The molecule has 0 radical (unpaired) electrons. The van der Waals surface area contributed by atoms with E-state index in [-0.39, 0.29) is 11.1 Å². The van der Waals surface area contributed by atoms with E-state index >= 15 is 0 Å². The van der Waals surface area contributed by atoms with Crippen LogP contribution >= 0.6 is 11.3 Å². The van der Waals surface area contributed by atoms with Crippen molar-refractivity contribution in [2.45, 2.75) is 13.5 Å². The molecule has 0 aliphatic carbocycles. The molecule has 0 bridgehead atoms. The summed E-state index contributed by atoms with van der Waals surface area (Å²) in [6.07, 6.45) is 1.54. The molecule has 3 aromatic rings. The quantitative estimate of drug-likeness (QED) is 0.806. The molecule has 0 saturated heterocycles. The van der Waals surface area contributed by atoms with Gasteiger partial charge in [0, 0.05) is 0 Å². The predicted molar refractivity (Wildman–Crippen MR) is 81.1 cm³/mol. The molecule has 3 rings (SSSR count). The molecule has 0 fully saturated rings. The minimum atomic E-state index is -0.962. The Labute approximate surface area is 124 Å². The fourth-order valence-electron chi connectivity index (χ4n) is 2.12. The highest BCUT2D eigenvalue weighted by Gasteiger charge is 2.09. The summed E-state index contributed by atoms with van der Waals surface area (Å²) in [5.74, 6) is -0.962. The highest BCUT2D eigenvalue weighted by molar-refractivity contribution is 7.17. The average Bonchev–Trinajstić information content (AvgIpc) is 2.85. The Bertz CT molecular complexity index is 878. The number of aromatic carboxylic acids is 1. The van der Waals surface area contributed by atoms with Crippen molar-refractivity contribution in [2.24, 2.45) is 0 Å². The van der Waals surface area contributed by atoms with Crippen molar-refractivity contribution in [2.75, 3.05) is 0 Å². The molecule has 21 heavy (non-hydrogen) atoms. The fraction of sp³-hybridized carbons (Fsp3) is 0.133. The Hall–Kier alpha value is -2.47. The van der Waals surface area contributed by atoms with Crippen molar-refractivity contribution in [3.63, 3.8) is 0 Å². The molecule has 106 valence electrons. The normalized spacial score (nSPS) is 10.9. The van der Waals surface area contributed by atoms with Crippen LogP contribution in [0.3, 0.4) is 0 Å². The summed E-state index contributed by atoms with van der Waals surface area (Å²) >= 11 is 1.40. The van der Waals surface area contributed by atoms with Crippen molar-refractivity contribution < 1.29 is 9.90 Å². The lowest BCUT2D eigenvalue weighted by Gasteiger charge is -2.06. The number of hydrogen-bond acceptors (Lipinski definition) is 4. The molecule has 0 saturated carbocycles. The van der Waals surface area contributed by atoms with Gasteiger partial charge in [0.05, 0.1) is 24.0 Å². The molecule has 2 aromatic heterocycles. The van der Waals surface area contributed by atoms with E-state index in [0.717, 1.165) is 16.6 Å². The molecule has 0 atom stereocenters. The van der Waals surface area contributed by atoms with E-state index in [1.54, 1.807) is 12.1 Å². The third-order valence-corrected chi connectivity index (χ3v) is 4.35. The molecule has 0 unspecified atom stereocenters. The van der Waals surface area contributed by atoms with E-state index in [0.29, 0.717) is 11.2 Å². The predicted octanol–water partition coefficient (Wildman–Crippen LogP) is 2.51. The van der Waals surface area contributed by atoms with Crippen LogP contribution < -0.4 is 5.56 Å². The minimum Gasteiger partial charge on any atom is -0.478 e. The highest BCUT2D eigenvalue weighted by Crippen LogP contribution is 2.19. The first-order valence-corrected chi connectivity index (χ1v) is 7.19. The first-order chi connectivity index (χ1) is 10.1. The van der Waals surface area contributed by atoms with E-state index in [4.69, 9.17) is 5.11 Å². The monoisotopic (exact) mass is 300 g/mol. The number of carboxylic acid groups (broad SMARTS) is 1. The van der Waals surface area contributed by atoms with E-state index in [2.05, 4.69) is 4.98 Å². The molecule has 2 heterocycles. The van der Waals surface area contributed by atoms with Crippen LogP contribution in [-0.2, 0) is 6.54 Å². The van der Waals surface area contributed by atoms with Crippen LogP contribution in [0.5, 0.6) is 0 Å². The molecule has 0 spiro atoms. The summed E-state index contributed by atoms with van der Waals surface area (Å²) < 4.78 is 2.19. The number of aryl methyl sites for hydroxylation is 1. The molecule has 1 aromatic carbocycles. The highest BCUT2D eigenvalue weighted by atomic mass is 32.1. The number of carboxylic acids is 1. The van der Waals surface area contributed by atoms with Gasteiger partial charge in [-0.25, -0.2) is 9.78 Å². The molecule has 0 amide bonds. The number of benzene rings is 1. The molecule has 6 heteroatoms. The maximum absolute atomic E-state index is 12.4. The third kappa shape index (κ3) is 2.45. The van der Waals surface area contributed by atoms with Crippen LogP contribution in [-0.4, -0.2) is 20.6 Å². The fourth-order valence-corrected chi connectivity index (χ4v) is 3.07. The standard InChI is InChI=1S/C15H12N2O3S/c1-9-7-21-13-12(9)16-8-17(14(13)18)6-10-2-4-11(5-3-10)15(19)20/h2-5,7-8H,6H2,1H3,(H,19,20). The van der Waals surface area contributed by atoms with Gasteiger partial charge >= 0.3 is 5.97 Å². The van der Waals surface area contributed by atoms with E-state index < -0.39 is 5.97 Å². The second-order valence-corrected chi connectivity index (χ2v) is 5.66. The smallest absolute Gasteiger partial charge is 0.335 e. The van der Waals surface area contributed by atoms with Crippen molar-refractivity contribution >= 4 is 27.5 Å². The van der Waals surface area contributed by atoms with Gasteiger partial charge in [0.15, 0.2) is 0 Å². The number of hydrogen-bond donors (Lipinski definition) is 1. The Morgan fingerprint density at radius 3 is 2.71 bits per heavy atom. The van der Waals surface area contributed by atoms with Crippen LogP contribution in [0.25, 0.3) is 10.2 Å². The first kappa shape index (κ1) is 13.5. The molecule has 1 N–H and O–H groups in total. The lowest BCUT2D eigenvalue weighted by molar-refractivity contribution is 0.0697. The minimum absolute atomic E-state index is 0.0691. The largest absolute Gasteiger partial charge is 0.478 e. The Morgan fingerprint density at radius 2 is 2.05 bits per heavy atom. The summed E-state index contributed by atoms with van der Waals surface area (Å²) in [6.45, 7) is 2.30. The molecular weight excluding hydrogens is 288 g/mol. The van der Waals surface area contributed by atoms with Crippen molar-refractivity contribution in [3.8, 4) is 0 Å². The van der Waals surface area contributed by atoms with Crippen molar-refractivity contribution in [3.05, 3.63) is 63.0 Å². The maximum atomic E-state index is 12.4. The molecule has 0 aliphatic heterocycles. The Kier molecular flexibility index (Phi) is 3.31. The van der Waals surface area contributed by atoms with Gasteiger partial charge in [-0.05, 0) is 35.6 Å². The second-order valence-electron chi connectivity index (χ2n) is 4.78. The number of thiophene rings is 1. The number of carbonyl (C=O) groups is 1. The van der Waals surface area contributed by atoms with Crippen molar-refractivity contribution in [1.82, 2.24) is 9.55 Å². The van der Waals surface area contributed by atoms with Gasteiger partial charge in [-0.1, -0.05) is 12.1 Å². The van der Waals surface area contributed by atoms with Crippen molar-refractivity contribution in [1.29, 1.82) is 0 Å². The van der Waals surface area contributed by atoms with Gasteiger partial charge in [0.1, 0.15) is 4.70 Å². The number of fused-ring (bicyclic) bond motifs is 1. The zero-order valence-corrected chi connectivity index (χ0v) is 12.1. The van der Waals surface area contributed by atoms with Crippen LogP contribution in [0.2, 0.25) is 0 Å². The van der Waals surface area contributed by atoms with E-state index in [9.17, 15) is 9.59 Å². The summed E-state index contributed by atoms with van der Waals surface area (Å²) in [4.78, 5) is 27.5. The molecule has 5 nitrogen and oxygen atoms in total. The van der Waals surface area contributed by atoms with Gasteiger partial charge < -0.3 is 5.11 Å². The average molecular weight is 300 g/mol. The van der Waals surface area contributed by atoms with E-state index in [1.807, 2.05) is 12.3 Å². The topological polar surface area (TPSA) is 72.2 Å². The Morgan fingerprint density at radius 1 is 1.33 bits per heavy atom. The summed E-state index contributed by atoms with van der Waals surface area (Å²) in [5, 5.41) is 10.8. The van der Waals surface area contributed by atoms with Crippen LogP contribution in [0, 0.1) is 6.92 Å². The lowest BCUT2D eigenvalue weighted by Crippen LogP contribution is -2.20. The summed E-state index contributed by atoms with van der Waals surface area (Å²) in [6, 6.07) is 6.48. The number of aromatic nitrogens is 2. The Balaban J connectivity index is 1.96. The van der Waals surface area contributed by atoms with Gasteiger partial charge in [0.25, 0.3) is 5.56 Å². The third-order valence-electron chi connectivity index (χ3n) is 3.28.